The second-order valence-electron chi connectivity index (χ2n) is 5.22. The standard InChI is InChI=1S/C14H23N3/c1-11-5-4-6-13(7-11)17(3)14-8-12(15-2)9-16-10-14/h8-11,13,15H,4-7H2,1-3H3. The van der Waals surface area contributed by atoms with Crippen LogP contribution >= 0.6 is 0 Å². The number of pyridine rings is 1. The molecule has 0 aliphatic heterocycles. The highest BCUT2D eigenvalue weighted by atomic mass is 15.1. The van der Waals surface area contributed by atoms with Gasteiger partial charge in [0.15, 0.2) is 0 Å². The van der Waals surface area contributed by atoms with Crippen molar-refractivity contribution < 1.29 is 0 Å². The molecule has 2 atom stereocenters. The summed E-state index contributed by atoms with van der Waals surface area (Å²) in [6, 6.07) is 2.85. The minimum absolute atomic E-state index is 0.674. The first-order valence-electron chi connectivity index (χ1n) is 6.56. The molecule has 94 valence electrons. The molecule has 1 N–H and O–H groups in total. The third kappa shape index (κ3) is 2.90. The average molecular weight is 233 g/mol. The average Bonchev–Trinajstić information content (AvgIpc) is 2.38. The fourth-order valence-corrected chi connectivity index (χ4v) is 2.72. The summed E-state index contributed by atoms with van der Waals surface area (Å²) in [5.74, 6) is 0.858. The van der Waals surface area contributed by atoms with Crippen LogP contribution in [0.3, 0.4) is 0 Å². The van der Waals surface area contributed by atoms with Crippen LogP contribution in [-0.4, -0.2) is 25.1 Å². The molecule has 3 nitrogen and oxygen atoms in total. The molecule has 17 heavy (non-hydrogen) atoms. The van der Waals surface area contributed by atoms with E-state index < -0.39 is 0 Å². The van der Waals surface area contributed by atoms with Crippen LogP contribution in [0.25, 0.3) is 0 Å². The summed E-state index contributed by atoms with van der Waals surface area (Å²) in [4.78, 5) is 6.68. The van der Waals surface area contributed by atoms with Gasteiger partial charge in [-0.1, -0.05) is 19.8 Å². The highest BCUT2D eigenvalue weighted by Crippen LogP contribution is 2.29. The van der Waals surface area contributed by atoms with Crippen LogP contribution in [0.4, 0.5) is 11.4 Å². The quantitative estimate of drug-likeness (QED) is 0.869. The Morgan fingerprint density at radius 1 is 1.35 bits per heavy atom. The largest absolute Gasteiger partial charge is 0.387 e. The minimum atomic E-state index is 0.674. The second-order valence-corrected chi connectivity index (χ2v) is 5.22. The van der Waals surface area contributed by atoms with Gasteiger partial charge in [-0.2, -0.15) is 0 Å². The first kappa shape index (κ1) is 12.2. The number of nitrogens with zero attached hydrogens (tertiary/aromatic N) is 2. The summed E-state index contributed by atoms with van der Waals surface area (Å²) < 4.78 is 0. The highest BCUT2D eigenvalue weighted by Gasteiger charge is 2.22. The summed E-state index contributed by atoms with van der Waals surface area (Å²) >= 11 is 0. The molecule has 0 spiro atoms. The smallest absolute Gasteiger partial charge is 0.0573 e. The Balaban J connectivity index is 2.09. The van der Waals surface area contributed by atoms with E-state index >= 15 is 0 Å². The van der Waals surface area contributed by atoms with Gasteiger partial charge in [0.05, 0.1) is 23.8 Å². The molecule has 0 amide bonds. The molecule has 2 unspecified atom stereocenters. The fraction of sp³-hybridized carbons (Fsp3) is 0.643. The maximum absolute atomic E-state index is 4.29. The van der Waals surface area contributed by atoms with Crippen LogP contribution in [0.2, 0.25) is 0 Å². The molecule has 1 aromatic heterocycles. The zero-order valence-electron chi connectivity index (χ0n) is 11.1. The molecule has 1 aliphatic carbocycles. The van der Waals surface area contributed by atoms with Gasteiger partial charge in [-0.15, -0.1) is 0 Å². The van der Waals surface area contributed by atoms with Gasteiger partial charge in [-0.05, 0) is 24.8 Å². The predicted molar refractivity (Wildman–Crippen MR) is 73.6 cm³/mol. The maximum atomic E-state index is 4.29. The van der Waals surface area contributed by atoms with Crippen molar-refractivity contribution >= 4 is 11.4 Å². The van der Waals surface area contributed by atoms with Crippen molar-refractivity contribution in [2.24, 2.45) is 5.92 Å². The summed E-state index contributed by atoms with van der Waals surface area (Å²) in [5, 5.41) is 3.14. The first-order valence-corrected chi connectivity index (χ1v) is 6.56. The molecular weight excluding hydrogens is 210 g/mol. The molecule has 0 bridgehead atoms. The van der Waals surface area contributed by atoms with Crippen molar-refractivity contribution in [1.82, 2.24) is 4.98 Å². The highest BCUT2D eigenvalue weighted by molar-refractivity contribution is 5.55. The van der Waals surface area contributed by atoms with Crippen molar-refractivity contribution in [2.75, 3.05) is 24.3 Å². The number of hydrogen-bond acceptors (Lipinski definition) is 3. The van der Waals surface area contributed by atoms with Crippen LogP contribution in [0, 0.1) is 5.92 Å². The van der Waals surface area contributed by atoms with E-state index in [1.165, 1.54) is 31.4 Å². The molecule has 0 saturated heterocycles. The van der Waals surface area contributed by atoms with Crippen LogP contribution in [0.15, 0.2) is 18.5 Å². The van der Waals surface area contributed by atoms with E-state index in [0.717, 1.165) is 11.6 Å². The molecule has 3 heteroatoms. The Kier molecular flexibility index (Phi) is 3.87. The van der Waals surface area contributed by atoms with Crippen molar-refractivity contribution in [1.29, 1.82) is 0 Å². The Labute approximate surface area is 104 Å². The Bertz CT molecular complexity index is 364. The van der Waals surface area contributed by atoms with Crippen LogP contribution in [0.5, 0.6) is 0 Å². The lowest BCUT2D eigenvalue weighted by molar-refractivity contribution is 0.336. The zero-order chi connectivity index (χ0) is 12.3. The van der Waals surface area contributed by atoms with E-state index in [1.807, 2.05) is 19.4 Å². The molecule has 1 heterocycles. The first-order chi connectivity index (χ1) is 8.20. The van der Waals surface area contributed by atoms with Gasteiger partial charge in [0, 0.05) is 20.1 Å². The number of anilines is 2. The number of rotatable bonds is 3. The van der Waals surface area contributed by atoms with Crippen molar-refractivity contribution in [2.45, 2.75) is 38.6 Å². The van der Waals surface area contributed by atoms with Gasteiger partial charge in [0.2, 0.25) is 0 Å². The maximum Gasteiger partial charge on any atom is 0.0573 e. The van der Waals surface area contributed by atoms with Gasteiger partial charge >= 0.3 is 0 Å². The Morgan fingerprint density at radius 3 is 2.88 bits per heavy atom. The minimum Gasteiger partial charge on any atom is -0.387 e. The van der Waals surface area contributed by atoms with Gasteiger partial charge in [0.25, 0.3) is 0 Å². The fourth-order valence-electron chi connectivity index (χ4n) is 2.72. The molecule has 0 radical (unpaired) electrons. The van der Waals surface area contributed by atoms with E-state index in [0.29, 0.717) is 6.04 Å². The monoisotopic (exact) mass is 233 g/mol. The van der Waals surface area contributed by atoms with Crippen molar-refractivity contribution in [3.8, 4) is 0 Å². The molecule has 1 aromatic rings. The Morgan fingerprint density at radius 2 is 2.18 bits per heavy atom. The van der Waals surface area contributed by atoms with E-state index in [2.05, 4.69) is 35.2 Å². The third-order valence-electron chi connectivity index (χ3n) is 3.88. The molecule has 1 saturated carbocycles. The third-order valence-corrected chi connectivity index (χ3v) is 3.88. The lowest BCUT2D eigenvalue weighted by atomic mass is 9.86. The normalized spacial score (nSPS) is 24.4. The summed E-state index contributed by atoms with van der Waals surface area (Å²) in [6.45, 7) is 2.36. The van der Waals surface area contributed by atoms with E-state index in [1.54, 1.807) is 0 Å². The van der Waals surface area contributed by atoms with Crippen LogP contribution < -0.4 is 10.2 Å². The van der Waals surface area contributed by atoms with Gasteiger partial charge in [0.1, 0.15) is 0 Å². The summed E-state index contributed by atoms with van der Waals surface area (Å²) in [5.41, 5.74) is 2.30. The van der Waals surface area contributed by atoms with Crippen molar-refractivity contribution in [3.05, 3.63) is 18.5 Å². The van der Waals surface area contributed by atoms with E-state index in [9.17, 15) is 0 Å². The summed E-state index contributed by atoms with van der Waals surface area (Å²) in [6.07, 6.45) is 9.18. The topological polar surface area (TPSA) is 28.2 Å². The number of nitrogens with one attached hydrogen (secondary N) is 1. The van der Waals surface area contributed by atoms with E-state index in [4.69, 9.17) is 0 Å². The van der Waals surface area contributed by atoms with Gasteiger partial charge in [-0.25, -0.2) is 0 Å². The molecule has 2 rings (SSSR count). The molecule has 1 aliphatic rings. The molecule has 0 aromatic carbocycles. The SMILES string of the molecule is CNc1cncc(N(C)C2CCCC(C)C2)c1. The molecule has 1 fully saturated rings. The second kappa shape index (κ2) is 5.39. The number of aromatic nitrogens is 1. The van der Waals surface area contributed by atoms with E-state index in [-0.39, 0.29) is 0 Å². The van der Waals surface area contributed by atoms with Crippen LogP contribution in [0.1, 0.15) is 32.6 Å². The lowest BCUT2D eigenvalue weighted by Crippen LogP contribution is -2.35. The zero-order valence-corrected chi connectivity index (χ0v) is 11.1. The number of hydrogen-bond donors (Lipinski definition) is 1. The van der Waals surface area contributed by atoms with Gasteiger partial charge in [-0.3, -0.25) is 4.98 Å². The van der Waals surface area contributed by atoms with Crippen LogP contribution in [-0.2, 0) is 0 Å². The molecular formula is C14H23N3. The Hall–Kier alpha value is -1.25. The summed E-state index contributed by atoms with van der Waals surface area (Å²) in [7, 11) is 4.13. The predicted octanol–water partition coefficient (Wildman–Crippen LogP) is 3.14. The van der Waals surface area contributed by atoms with Crippen molar-refractivity contribution in [3.63, 3.8) is 0 Å². The van der Waals surface area contributed by atoms with Gasteiger partial charge < -0.3 is 10.2 Å². The lowest BCUT2D eigenvalue weighted by Gasteiger charge is -2.35.